The molecule has 19 heavy (non-hydrogen) atoms. The van der Waals surface area contributed by atoms with Gasteiger partial charge in [-0.1, -0.05) is 13.8 Å². The van der Waals surface area contributed by atoms with Crippen LogP contribution in [0.25, 0.3) is 0 Å². The minimum absolute atomic E-state index is 0.194. The fourth-order valence-electron chi connectivity index (χ4n) is 1.51. The zero-order valence-corrected chi connectivity index (χ0v) is 14.5. The van der Waals surface area contributed by atoms with Crippen molar-refractivity contribution < 1.29 is 8.42 Å². The van der Waals surface area contributed by atoms with Crippen molar-refractivity contribution in [3.8, 4) is 0 Å². The van der Waals surface area contributed by atoms with E-state index in [0.717, 1.165) is 22.3 Å². The van der Waals surface area contributed by atoms with Crippen molar-refractivity contribution in [1.82, 2.24) is 10.0 Å². The third-order valence-corrected chi connectivity index (χ3v) is 5.59. The average molecular weight is 369 g/mol. The van der Waals surface area contributed by atoms with E-state index in [2.05, 4.69) is 39.8 Å². The van der Waals surface area contributed by atoms with E-state index >= 15 is 0 Å². The van der Waals surface area contributed by atoms with E-state index in [-0.39, 0.29) is 5.75 Å². The molecule has 1 heterocycles. The normalized spacial score (nSPS) is 12.2. The summed E-state index contributed by atoms with van der Waals surface area (Å²) in [5.74, 6) is 0.194. The summed E-state index contributed by atoms with van der Waals surface area (Å²) in [6, 6.07) is 2.38. The topological polar surface area (TPSA) is 58.2 Å². The number of rotatable bonds is 9. The second-order valence-electron chi connectivity index (χ2n) is 4.69. The molecule has 4 nitrogen and oxygen atoms in total. The number of unbranched alkanes of at least 4 members (excludes halogenated alkanes) is 1. The predicted octanol–water partition coefficient (Wildman–Crippen LogP) is 2.71. The maximum atomic E-state index is 11.8. The summed E-state index contributed by atoms with van der Waals surface area (Å²) in [5, 5.41) is 5.22. The van der Waals surface area contributed by atoms with E-state index in [4.69, 9.17) is 0 Å². The van der Waals surface area contributed by atoms with Crippen molar-refractivity contribution in [2.24, 2.45) is 0 Å². The molecule has 0 aliphatic heterocycles. The van der Waals surface area contributed by atoms with Crippen LogP contribution < -0.4 is 10.0 Å². The fraction of sp³-hybridized carbons (Fsp3) is 0.667. The standard InChI is InChI=1S/C12H21BrN2O2S2/c1-10(2)14-5-3-4-6-19(16,17)15-8-12-7-11(13)9-18-12/h7,9-10,14-15H,3-6,8H2,1-2H3. The molecule has 0 fully saturated rings. The van der Waals surface area contributed by atoms with Crippen molar-refractivity contribution in [2.75, 3.05) is 12.3 Å². The van der Waals surface area contributed by atoms with Crippen molar-refractivity contribution in [2.45, 2.75) is 39.3 Å². The van der Waals surface area contributed by atoms with E-state index in [1.54, 1.807) is 11.3 Å². The van der Waals surface area contributed by atoms with Gasteiger partial charge in [0, 0.05) is 27.3 Å². The number of nitrogens with one attached hydrogen (secondary N) is 2. The highest BCUT2D eigenvalue weighted by atomic mass is 79.9. The summed E-state index contributed by atoms with van der Waals surface area (Å²) in [4.78, 5) is 1.01. The lowest BCUT2D eigenvalue weighted by molar-refractivity contribution is 0.555. The van der Waals surface area contributed by atoms with Crippen LogP contribution in [0.1, 0.15) is 31.6 Å². The number of hydrogen-bond donors (Lipinski definition) is 2. The highest BCUT2D eigenvalue weighted by Crippen LogP contribution is 2.19. The van der Waals surface area contributed by atoms with Gasteiger partial charge in [0.2, 0.25) is 10.0 Å². The Balaban J connectivity index is 2.21. The van der Waals surface area contributed by atoms with E-state index in [1.807, 2.05) is 11.4 Å². The molecule has 1 rings (SSSR count). The molecule has 0 saturated heterocycles. The van der Waals surface area contributed by atoms with Crippen LogP contribution in [0.15, 0.2) is 15.9 Å². The van der Waals surface area contributed by atoms with Crippen LogP contribution in [0.3, 0.4) is 0 Å². The second-order valence-corrected chi connectivity index (χ2v) is 8.53. The summed E-state index contributed by atoms with van der Waals surface area (Å²) >= 11 is 4.89. The largest absolute Gasteiger partial charge is 0.315 e. The molecule has 0 unspecified atom stereocenters. The number of thiophene rings is 1. The van der Waals surface area contributed by atoms with Gasteiger partial charge in [0.15, 0.2) is 0 Å². The first kappa shape index (κ1) is 17.1. The summed E-state index contributed by atoms with van der Waals surface area (Å²) in [6.07, 6.45) is 1.56. The van der Waals surface area contributed by atoms with Gasteiger partial charge >= 0.3 is 0 Å². The van der Waals surface area contributed by atoms with Crippen molar-refractivity contribution >= 4 is 37.3 Å². The molecular formula is C12H21BrN2O2S2. The molecule has 0 aliphatic carbocycles. The Labute approximate surface area is 128 Å². The minimum atomic E-state index is -3.16. The van der Waals surface area contributed by atoms with Crippen LogP contribution in [-0.4, -0.2) is 26.8 Å². The molecular weight excluding hydrogens is 348 g/mol. The lowest BCUT2D eigenvalue weighted by Gasteiger charge is -2.08. The van der Waals surface area contributed by atoms with Crippen LogP contribution in [0.5, 0.6) is 0 Å². The monoisotopic (exact) mass is 368 g/mol. The predicted molar refractivity (Wildman–Crippen MR) is 85.0 cm³/mol. The maximum absolute atomic E-state index is 11.8. The Hall–Kier alpha value is 0.0500. The molecule has 0 aliphatic rings. The maximum Gasteiger partial charge on any atom is 0.211 e. The van der Waals surface area contributed by atoms with Crippen LogP contribution in [0.4, 0.5) is 0 Å². The zero-order chi connectivity index (χ0) is 14.3. The Morgan fingerprint density at radius 2 is 2.11 bits per heavy atom. The van der Waals surface area contributed by atoms with Crippen molar-refractivity contribution in [3.05, 3.63) is 20.8 Å². The molecule has 0 spiro atoms. The van der Waals surface area contributed by atoms with Gasteiger partial charge in [-0.25, -0.2) is 13.1 Å². The van der Waals surface area contributed by atoms with Gasteiger partial charge in [0.1, 0.15) is 0 Å². The zero-order valence-electron chi connectivity index (χ0n) is 11.3. The van der Waals surface area contributed by atoms with Gasteiger partial charge in [-0.3, -0.25) is 0 Å². The SMILES string of the molecule is CC(C)NCCCCS(=O)(=O)NCc1cc(Br)cs1. The lowest BCUT2D eigenvalue weighted by Crippen LogP contribution is -2.27. The molecule has 0 aromatic carbocycles. The Morgan fingerprint density at radius 1 is 1.37 bits per heavy atom. The highest BCUT2D eigenvalue weighted by molar-refractivity contribution is 9.10. The molecule has 7 heteroatoms. The number of hydrogen-bond acceptors (Lipinski definition) is 4. The Bertz CT molecular complexity index is 472. The molecule has 2 N–H and O–H groups in total. The smallest absolute Gasteiger partial charge is 0.211 e. The summed E-state index contributed by atoms with van der Waals surface area (Å²) in [6.45, 7) is 5.41. The second kappa shape index (κ2) is 8.36. The average Bonchev–Trinajstić information content (AvgIpc) is 2.72. The molecule has 0 bridgehead atoms. The quantitative estimate of drug-likeness (QED) is 0.658. The lowest BCUT2D eigenvalue weighted by atomic mass is 10.3. The first-order valence-corrected chi connectivity index (χ1v) is 9.65. The summed E-state index contributed by atoms with van der Waals surface area (Å²) in [5.41, 5.74) is 0. The van der Waals surface area contributed by atoms with E-state index in [0.29, 0.717) is 19.0 Å². The summed E-state index contributed by atoms with van der Waals surface area (Å²) < 4.78 is 27.2. The van der Waals surface area contributed by atoms with E-state index in [9.17, 15) is 8.42 Å². The molecule has 0 amide bonds. The van der Waals surface area contributed by atoms with Gasteiger partial charge in [0.25, 0.3) is 0 Å². The Morgan fingerprint density at radius 3 is 2.68 bits per heavy atom. The molecule has 1 aromatic heterocycles. The Kier molecular flexibility index (Phi) is 7.53. The summed E-state index contributed by atoms with van der Waals surface area (Å²) in [7, 11) is -3.16. The van der Waals surface area contributed by atoms with Crippen molar-refractivity contribution in [3.63, 3.8) is 0 Å². The molecule has 0 atom stereocenters. The number of sulfonamides is 1. The van der Waals surface area contributed by atoms with Gasteiger partial charge in [0.05, 0.1) is 5.75 Å². The van der Waals surface area contributed by atoms with Crippen LogP contribution >= 0.6 is 27.3 Å². The fourth-order valence-corrected chi connectivity index (χ4v) is 4.09. The van der Waals surface area contributed by atoms with Gasteiger partial charge in [-0.05, 0) is 41.4 Å². The van der Waals surface area contributed by atoms with Gasteiger partial charge < -0.3 is 5.32 Å². The van der Waals surface area contributed by atoms with E-state index in [1.165, 1.54) is 0 Å². The van der Waals surface area contributed by atoms with E-state index < -0.39 is 10.0 Å². The third-order valence-electron chi connectivity index (χ3n) is 2.48. The van der Waals surface area contributed by atoms with Gasteiger partial charge in [-0.15, -0.1) is 11.3 Å². The van der Waals surface area contributed by atoms with Crippen LogP contribution in [0, 0.1) is 0 Å². The highest BCUT2D eigenvalue weighted by Gasteiger charge is 2.10. The van der Waals surface area contributed by atoms with Crippen LogP contribution in [0.2, 0.25) is 0 Å². The molecule has 0 saturated carbocycles. The van der Waals surface area contributed by atoms with Gasteiger partial charge in [-0.2, -0.15) is 0 Å². The number of halogens is 1. The molecule has 110 valence electrons. The minimum Gasteiger partial charge on any atom is -0.315 e. The third kappa shape index (κ3) is 8.04. The van der Waals surface area contributed by atoms with Crippen molar-refractivity contribution in [1.29, 1.82) is 0 Å². The first-order chi connectivity index (χ1) is 8.89. The molecule has 1 aromatic rings. The van der Waals surface area contributed by atoms with Crippen LogP contribution in [-0.2, 0) is 16.6 Å². The first-order valence-electron chi connectivity index (χ1n) is 6.33. The molecule has 0 radical (unpaired) electrons.